The van der Waals surface area contributed by atoms with E-state index in [1.807, 2.05) is 66.7 Å². The summed E-state index contributed by atoms with van der Waals surface area (Å²) in [5.41, 5.74) is 3.23. The second kappa shape index (κ2) is 8.06. The van der Waals surface area contributed by atoms with E-state index in [9.17, 15) is 0 Å². The van der Waals surface area contributed by atoms with Crippen LogP contribution in [0.1, 0.15) is 11.1 Å². The van der Waals surface area contributed by atoms with Crippen LogP contribution in [0.4, 0.5) is 11.8 Å². The Labute approximate surface area is 163 Å². The van der Waals surface area contributed by atoms with Gasteiger partial charge in [0.2, 0.25) is 5.95 Å². The Kier molecular flexibility index (Phi) is 5.17. The smallest absolute Gasteiger partial charge is 0.225 e. The van der Waals surface area contributed by atoms with E-state index in [2.05, 4.69) is 32.7 Å². The van der Waals surface area contributed by atoms with Crippen molar-refractivity contribution >= 4 is 34.3 Å². The molecule has 27 heavy (non-hydrogen) atoms. The summed E-state index contributed by atoms with van der Waals surface area (Å²) in [4.78, 5) is 9.33. The summed E-state index contributed by atoms with van der Waals surface area (Å²) in [6.07, 6.45) is 0. The highest BCUT2D eigenvalue weighted by Gasteiger charge is 2.07. The van der Waals surface area contributed by atoms with Crippen molar-refractivity contribution in [1.29, 1.82) is 0 Å². The van der Waals surface area contributed by atoms with Gasteiger partial charge in [0.25, 0.3) is 0 Å². The third kappa shape index (κ3) is 4.36. The molecule has 0 atom stereocenters. The number of para-hydroxylation sites is 1. The van der Waals surface area contributed by atoms with Crippen LogP contribution < -0.4 is 10.6 Å². The molecule has 0 unspecified atom stereocenters. The maximum atomic E-state index is 5.96. The number of hydrogen-bond donors (Lipinski definition) is 2. The third-order valence-electron chi connectivity index (χ3n) is 4.27. The summed E-state index contributed by atoms with van der Waals surface area (Å²) in [5.74, 6) is 1.42. The van der Waals surface area contributed by atoms with Crippen molar-refractivity contribution in [3.8, 4) is 0 Å². The van der Waals surface area contributed by atoms with Crippen LogP contribution in [0.25, 0.3) is 10.9 Å². The van der Waals surface area contributed by atoms with Gasteiger partial charge in [-0.1, -0.05) is 66.2 Å². The maximum absolute atomic E-state index is 5.96. The molecule has 2 N–H and O–H groups in total. The quantitative estimate of drug-likeness (QED) is 0.467. The molecule has 5 heteroatoms. The van der Waals surface area contributed by atoms with Gasteiger partial charge in [0, 0.05) is 23.5 Å². The fourth-order valence-electron chi connectivity index (χ4n) is 2.86. The van der Waals surface area contributed by atoms with Crippen molar-refractivity contribution in [2.45, 2.75) is 13.1 Å². The Morgan fingerprint density at radius 3 is 2.15 bits per heavy atom. The lowest BCUT2D eigenvalue weighted by atomic mass is 10.2. The van der Waals surface area contributed by atoms with Gasteiger partial charge in [-0.3, -0.25) is 0 Å². The zero-order valence-electron chi connectivity index (χ0n) is 14.7. The van der Waals surface area contributed by atoms with E-state index in [0.717, 1.165) is 27.3 Å². The minimum atomic E-state index is 0.608. The van der Waals surface area contributed by atoms with Crippen LogP contribution in [0.5, 0.6) is 0 Å². The van der Waals surface area contributed by atoms with Crippen LogP contribution in [-0.4, -0.2) is 9.97 Å². The van der Waals surface area contributed by atoms with Crippen molar-refractivity contribution in [1.82, 2.24) is 9.97 Å². The molecular weight excluding hydrogens is 356 g/mol. The molecule has 1 aromatic heterocycles. The number of benzene rings is 3. The second-order valence-electron chi connectivity index (χ2n) is 6.23. The van der Waals surface area contributed by atoms with Crippen molar-refractivity contribution in [2.75, 3.05) is 10.6 Å². The molecule has 4 aromatic rings. The summed E-state index contributed by atoms with van der Waals surface area (Å²) in [7, 11) is 0. The van der Waals surface area contributed by atoms with E-state index in [1.54, 1.807) is 0 Å². The van der Waals surface area contributed by atoms with Gasteiger partial charge in [0.15, 0.2) is 0 Å². The molecule has 1 heterocycles. The minimum Gasteiger partial charge on any atom is -0.365 e. The van der Waals surface area contributed by atoms with Gasteiger partial charge in [-0.2, -0.15) is 4.98 Å². The molecule has 0 fully saturated rings. The molecule has 0 radical (unpaired) electrons. The fraction of sp³-hybridized carbons (Fsp3) is 0.0909. The first kappa shape index (κ1) is 17.3. The number of hydrogen-bond acceptors (Lipinski definition) is 4. The lowest BCUT2D eigenvalue weighted by Gasteiger charge is -2.12. The lowest BCUT2D eigenvalue weighted by molar-refractivity contribution is 1.05. The van der Waals surface area contributed by atoms with Crippen LogP contribution in [-0.2, 0) is 13.1 Å². The summed E-state index contributed by atoms with van der Waals surface area (Å²) in [5, 5.41) is 8.48. The van der Waals surface area contributed by atoms with E-state index >= 15 is 0 Å². The first-order valence-corrected chi connectivity index (χ1v) is 9.18. The maximum Gasteiger partial charge on any atom is 0.225 e. The Morgan fingerprint density at radius 2 is 1.33 bits per heavy atom. The van der Waals surface area contributed by atoms with Crippen LogP contribution in [0, 0.1) is 0 Å². The van der Waals surface area contributed by atoms with Crippen molar-refractivity contribution in [3.05, 3.63) is 95.0 Å². The highest BCUT2D eigenvalue weighted by Crippen LogP contribution is 2.23. The number of rotatable bonds is 6. The zero-order valence-corrected chi connectivity index (χ0v) is 15.4. The molecule has 4 rings (SSSR count). The monoisotopic (exact) mass is 374 g/mol. The average molecular weight is 375 g/mol. The van der Waals surface area contributed by atoms with Gasteiger partial charge >= 0.3 is 0 Å². The molecule has 0 spiro atoms. The van der Waals surface area contributed by atoms with Crippen molar-refractivity contribution in [2.24, 2.45) is 0 Å². The Balaban J connectivity index is 1.57. The highest BCUT2D eigenvalue weighted by molar-refractivity contribution is 6.30. The number of nitrogens with zero attached hydrogens (tertiary/aromatic N) is 2. The molecule has 4 nitrogen and oxygen atoms in total. The van der Waals surface area contributed by atoms with E-state index in [-0.39, 0.29) is 0 Å². The number of aromatic nitrogens is 2. The van der Waals surface area contributed by atoms with Crippen LogP contribution in [0.2, 0.25) is 5.02 Å². The molecule has 0 saturated carbocycles. The normalized spacial score (nSPS) is 10.7. The highest BCUT2D eigenvalue weighted by atomic mass is 35.5. The third-order valence-corrected chi connectivity index (χ3v) is 4.52. The van der Waals surface area contributed by atoms with Crippen molar-refractivity contribution < 1.29 is 0 Å². The summed E-state index contributed by atoms with van der Waals surface area (Å²) in [6.45, 7) is 1.34. The number of halogens is 1. The van der Waals surface area contributed by atoms with Gasteiger partial charge in [0.1, 0.15) is 5.82 Å². The first-order chi connectivity index (χ1) is 13.3. The molecular formula is C22H19ClN4. The zero-order chi connectivity index (χ0) is 18.5. The molecule has 0 aliphatic heterocycles. The van der Waals surface area contributed by atoms with Gasteiger partial charge < -0.3 is 10.6 Å². The van der Waals surface area contributed by atoms with Gasteiger partial charge in [-0.15, -0.1) is 0 Å². The van der Waals surface area contributed by atoms with Gasteiger partial charge in [-0.25, -0.2) is 4.98 Å². The standard InChI is InChI=1S/C22H19ClN4/c23-18-12-10-17(11-13-18)14-24-21-19-8-4-5-9-20(19)26-22(27-21)25-15-16-6-2-1-3-7-16/h1-13H,14-15H2,(H2,24,25,26,27). The topological polar surface area (TPSA) is 49.8 Å². The summed E-state index contributed by atoms with van der Waals surface area (Å²) < 4.78 is 0. The fourth-order valence-corrected chi connectivity index (χ4v) is 2.98. The molecule has 0 bridgehead atoms. The lowest BCUT2D eigenvalue weighted by Crippen LogP contribution is -2.08. The Morgan fingerprint density at radius 1 is 0.667 bits per heavy atom. The SMILES string of the molecule is Clc1ccc(CNc2nc(NCc3ccccc3)nc3ccccc23)cc1. The predicted octanol–water partition coefficient (Wildman–Crippen LogP) is 5.51. The Bertz CT molecular complexity index is 1030. The Hall–Kier alpha value is -3.11. The molecule has 0 saturated heterocycles. The number of nitrogens with one attached hydrogen (secondary N) is 2. The number of fused-ring (bicyclic) bond motifs is 1. The predicted molar refractivity (Wildman–Crippen MR) is 112 cm³/mol. The molecule has 0 amide bonds. The van der Waals surface area contributed by atoms with Crippen LogP contribution >= 0.6 is 11.6 Å². The van der Waals surface area contributed by atoms with E-state index < -0.39 is 0 Å². The van der Waals surface area contributed by atoms with Gasteiger partial charge in [-0.05, 0) is 35.4 Å². The van der Waals surface area contributed by atoms with E-state index in [4.69, 9.17) is 11.6 Å². The van der Waals surface area contributed by atoms with Crippen molar-refractivity contribution in [3.63, 3.8) is 0 Å². The average Bonchev–Trinajstić information content (AvgIpc) is 2.72. The second-order valence-corrected chi connectivity index (χ2v) is 6.67. The molecule has 0 aliphatic rings. The minimum absolute atomic E-state index is 0.608. The van der Waals surface area contributed by atoms with E-state index in [0.29, 0.717) is 19.0 Å². The number of anilines is 2. The van der Waals surface area contributed by atoms with E-state index in [1.165, 1.54) is 5.56 Å². The summed E-state index contributed by atoms with van der Waals surface area (Å²) in [6, 6.07) is 26.0. The van der Waals surface area contributed by atoms with Crippen LogP contribution in [0.3, 0.4) is 0 Å². The van der Waals surface area contributed by atoms with Gasteiger partial charge in [0.05, 0.1) is 5.52 Å². The molecule has 0 aliphatic carbocycles. The van der Waals surface area contributed by atoms with Crippen LogP contribution in [0.15, 0.2) is 78.9 Å². The molecule has 134 valence electrons. The summed E-state index contributed by atoms with van der Waals surface area (Å²) >= 11 is 5.96. The molecule has 3 aromatic carbocycles. The first-order valence-electron chi connectivity index (χ1n) is 8.81. The largest absolute Gasteiger partial charge is 0.365 e.